The first-order valence-corrected chi connectivity index (χ1v) is 13.0. The molecular formula is C31H34N2O. The van der Waals surface area contributed by atoms with Crippen LogP contribution in [0.2, 0.25) is 0 Å². The summed E-state index contributed by atoms with van der Waals surface area (Å²) in [7, 11) is 0. The molecule has 1 saturated heterocycles. The minimum absolute atomic E-state index is 0.283. The van der Waals surface area contributed by atoms with Crippen LogP contribution >= 0.6 is 0 Å². The number of amides is 1. The van der Waals surface area contributed by atoms with Crippen LogP contribution in [0.25, 0.3) is 0 Å². The summed E-state index contributed by atoms with van der Waals surface area (Å²) in [6.45, 7) is 4.03. The van der Waals surface area contributed by atoms with Gasteiger partial charge in [-0.1, -0.05) is 78.9 Å². The van der Waals surface area contributed by atoms with E-state index in [1.54, 1.807) is 0 Å². The minimum atomic E-state index is -0.580. The Morgan fingerprint density at radius 2 is 1.41 bits per heavy atom. The van der Waals surface area contributed by atoms with Gasteiger partial charge in [0, 0.05) is 12.2 Å². The van der Waals surface area contributed by atoms with Crippen LogP contribution in [0.5, 0.6) is 0 Å². The average Bonchev–Trinajstić information content (AvgIpc) is 3.70. The molecule has 1 amide bonds. The Bertz CT molecular complexity index is 1130. The lowest BCUT2D eigenvalue weighted by atomic mass is 9.72. The zero-order chi connectivity index (χ0) is 23.0. The van der Waals surface area contributed by atoms with Crippen LogP contribution in [-0.4, -0.2) is 37.0 Å². The summed E-state index contributed by atoms with van der Waals surface area (Å²) in [6, 6.07) is 30.1. The van der Waals surface area contributed by atoms with E-state index in [4.69, 9.17) is 0 Å². The van der Waals surface area contributed by atoms with Crippen molar-refractivity contribution in [2.24, 2.45) is 5.92 Å². The van der Waals surface area contributed by atoms with Gasteiger partial charge in [0.25, 0.3) is 0 Å². The van der Waals surface area contributed by atoms with Gasteiger partial charge in [0.05, 0.1) is 0 Å². The number of benzene rings is 3. The van der Waals surface area contributed by atoms with Crippen molar-refractivity contribution in [3.8, 4) is 0 Å². The van der Waals surface area contributed by atoms with E-state index in [-0.39, 0.29) is 5.91 Å². The Morgan fingerprint density at radius 3 is 2.12 bits per heavy atom. The van der Waals surface area contributed by atoms with Crippen LogP contribution in [0.1, 0.15) is 54.7 Å². The van der Waals surface area contributed by atoms with Crippen molar-refractivity contribution < 1.29 is 4.79 Å². The largest absolute Gasteiger partial charge is 0.311 e. The van der Waals surface area contributed by atoms with Crippen molar-refractivity contribution in [2.75, 3.05) is 31.1 Å². The highest BCUT2D eigenvalue weighted by atomic mass is 16.2. The van der Waals surface area contributed by atoms with Crippen LogP contribution in [0.3, 0.4) is 0 Å². The highest BCUT2D eigenvalue weighted by Gasteiger charge is 2.52. The maximum atomic E-state index is 14.3. The number of carbonyl (C=O) groups excluding carboxylic acids is 1. The van der Waals surface area contributed by atoms with E-state index in [0.717, 1.165) is 43.9 Å². The predicted octanol–water partition coefficient (Wildman–Crippen LogP) is 6.00. The van der Waals surface area contributed by atoms with Crippen LogP contribution in [0.15, 0.2) is 84.9 Å². The van der Waals surface area contributed by atoms with E-state index in [0.29, 0.717) is 11.8 Å². The van der Waals surface area contributed by atoms with E-state index >= 15 is 0 Å². The molecule has 3 heteroatoms. The Morgan fingerprint density at radius 1 is 0.765 bits per heavy atom. The van der Waals surface area contributed by atoms with Crippen molar-refractivity contribution in [3.05, 3.63) is 102 Å². The summed E-state index contributed by atoms with van der Waals surface area (Å²) in [5.74, 6) is 1.61. The third-order valence-corrected chi connectivity index (χ3v) is 8.33. The number of anilines is 1. The fourth-order valence-electron chi connectivity index (χ4n) is 6.19. The minimum Gasteiger partial charge on any atom is -0.311 e. The van der Waals surface area contributed by atoms with Gasteiger partial charge in [-0.25, -0.2) is 0 Å². The summed E-state index contributed by atoms with van der Waals surface area (Å²) in [5, 5.41) is 0. The molecule has 3 aliphatic rings. The molecule has 3 aromatic carbocycles. The third kappa shape index (κ3) is 3.86. The molecule has 0 radical (unpaired) electrons. The van der Waals surface area contributed by atoms with E-state index in [1.165, 1.54) is 36.8 Å². The van der Waals surface area contributed by atoms with Gasteiger partial charge in [-0.15, -0.1) is 0 Å². The first-order valence-electron chi connectivity index (χ1n) is 13.0. The van der Waals surface area contributed by atoms with Gasteiger partial charge in [-0.3, -0.25) is 4.79 Å². The molecule has 174 valence electrons. The van der Waals surface area contributed by atoms with Crippen molar-refractivity contribution in [2.45, 2.75) is 43.4 Å². The SMILES string of the molecule is O=C1N(CC2CC2)c2ccccc2C1(CCN1CCC(c2ccccc2)CC1)c1ccccc1. The quantitative estimate of drug-likeness (QED) is 0.441. The number of para-hydroxylation sites is 1. The second kappa shape index (κ2) is 9.03. The molecule has 3 aromatic rings. The second-order valence-electron chi connectivity index (χ2n) is 10.4. The first kappa shape index (κ1) is 21.6. The van der Waals surface area contributed by atoms with Gasteiger partial charge in [0.1, 0.15) is 5.41 Å². The van der Waals surface area contributed by atoms with Gasteiger partial charge in [-0.05, 0) is 86.3 Å². The fraction of sp³-hybridized carbons (Fsp3) is 0.387. The standard InChI is InChI=1S/C31H34N2O/c34-30-31(27-11-5-2-6-12-27,28-13-7-8-14-29(28)33(30)23-24-15-16-24)19-22-32-20-17-26(18-21-32)25-9-3-1-4-10-25/h1-14,24,26H,15-23H2. The summed E-state index contributed by atoms with van der Waals surface area (Å²) >= 11 is 0. The number of fused-ring (bicyclic) bond motifs is 1. The number of carbonyl (C=O) groups is 1. The number of nitrogens with zero attached hydrogens (tertiary/aromatic N) is 2. The molecule has 6 rings (SSSR count). The zero-order valence-corrected chi connectivity index (χ0v) is 19.9. The lowest BCUT2D eigenvalue weighted by Gasteiger charge is -2.36. The van der Waals surface area contributed by atoms with E-state index < -0.39 is 5.41 Å². The summed E-state index contributed by atoms with van der Waals surface area (Å²) < 4.78 is 0. The Kier molecular flexibility index (Phi) is 5.74. The summed E-state index contributed by atoms with van der Waals surface area (Å²) in [5.41, 5.74) is 4.36. The van der Waals surface area contributed by atoms with Gasteiger partial charge in [0.15, 0.2) is 0 Å². The van der Waals surface area contributed by atoms with Gasteiger partial charge in [-0.2, -0.15) is 0 Å². The van der Waals surface area contributed by atoms with Crippen molar-refractivity contribution >= 4 is 11.6 Å². The predicted molar refractivity (Wildman–Crippen MR) is 138 cm³/mol. The van der Waals surface area contributed by atoms with Gasteiger partial charge < -0.3 is 9.80 Å². The maximum Gasteiger partial charge on any atom is 0.242 e. The number of hydrogen-bond donors (Lipinski definition) is 0. The Labute approximate surface area is 203 Å². The molecule has 1 atom stereocenters. The van der Waals surface area contributed by atoms with Crippen LogP contribution in [0.4, 0.5) is 5.69 Å². The molecule has 2 heterocycles. The molecule has 1 aliphatic carbocycles. The third-order valence-electron chi connectivity index (χ3n) is 8.33. The molecule has 2 aliphatic heterocycles. The lowest BCUT2D eigenvalue weighted by Crippen LogP contribution is -2.45. The van der Waals surface area contributed by atoms with Crippen LogP contribution in [-0.2, 0) is 10.2 Å². The molecule has 34 heavy (non-hydrogen) atoms. The summed E-state index contributed by atoms with van der Waals surface area (Å²) in [6.07, 6.45) is 5.73. The molecule has 0 aromatic heterocycles. The smallest absolute Gasteiger partial charge is 0.242 e. The highest BCUT2D eigenvalue weighted by molar-refractivity contribution is 6.10. The number of hydrogen-bond acceptors (Lipinski definition) is 2. The number of piperidine rings is 1. The number of rotatable bonds is 7. The van der Waals surface area contributed by atoms with Gasteiger partial charge >= 0.3 is 0 Å². The van der Waals surface area contributed by atoms with Gasteiger partial charge in [0.2, 0.25) is 5.91 Å². The Balaban J connectivity index is 1.26. The van der Waals surface area contributed by atoms with E-state index in [2.05, 4.69) is 94.7 Å². The molecule has 0 bridgehead atoms. The molecular weight excluding hydrogens is 416 g/mol. The van der Waals surface area contributed by atoms with Crippen molar-refractivity contribution in [3.63, 3.8) is 0 Å². The average molecular weight is 451 g/mol. The van der Waals surface area contributed by atoms with Crippen molar-refractivity contribution in [1.82, 2.24) is 4.90 Å². The monoisotopic (exact) mass is 450 g/mol. The Hall–Kier alpha value is -2.91. The molecule has 0 spiro atoms. The molecule has 2 fully saturated rings. The lowest BCUT2D eigenvalue weighted by molar-refractivity contribution is -0.122. The van der Waals surface area contributed by atoms with E-state index in [9.17, 15) is 4.79 Å². The second-order valence-corrected chi connectivity index (χ2v) is 10.4. The fourth-order valence-corrected chi connectivity index (χ4v) is 6.19. The molecule has 0 N–H and O–H groups in total. The molecule has 3 nitrogen and oxygen atoms in total. The molecule has 1 saturated carbocycles. The normalized spacial score (nSPS) is 23.3. The van der Waals surface area contributed by atoms with E-state index in [1.807, 2.05) is 0 Å². The highest BCUT2D eigenvalue weighted by Crippen LogP contribution is 2.49. The summed E-state index contributed by atoms with van der Waals surface area (Å²) in [4.78, 5) is 19.0. The molecule has 1 unspecified atom stereocenters. The first-order chi connectivity index (χ1) is 16.8. The van der Waals surface area contributed by atoms with Crippen molar-refractivity contribution in [1.29, 1.82) is 0 Å². The topological polar surface area (TPSA) is 23.6 Å². The number of likely N-dealkylation sites (tertiary alicyclic amines) is 1. The maximum absolute atomic E-state index is 14.3. The van der Waals surface area contributed by atoms with Crippen LogP contribution < -0.4 is 4.90 Å². The van der Waals surface area contributed by atoms with Crippen LogP contribution in [0, 0.1) is 5.92 Å². The zero-order valence-electron chi connectivity index (χ0n) is 19.9.